The number of benzene rings is 1. The highest BCUT2D eigenvalue weighted by Crippen LogP contribution is 2.54. The van der Waals surface area contributed by atoms with E-state index in [2.05, 4.69) is 6.07 Å². The van der Waals surface area contributed by atoms with Gasteiger partial charge in [0.2, 0.25) is 0 Å². The monoisotopic (exact) mass is 212 g/mol. The summed E-state index contributed by atoms with van der Waals surface area (Å²) in [4.78, 5) is 0. The van der Waals surface area contributed by atoms with E-state index in [4.69, 9.17) is 15.4 Å². The van der Waals surface area contributed by atoms with Crippen molar-refractivity contribution in [3.63, 3.8) is 0 Å². The van der Waals surface area contributed by atoms with E-state index in [0.29, 0.717) is 0 Å². The van der Waals surface area contributed by atoms with Crippen LogP contribution in [0.1, 0.15) is 24.4 Å². The molecule has 0 aliphatic heterocycles. The van der Waals surface area contributed by atoms with Crippen LogP contribution in [-0.4, -0.2) is 0 Å². The summed E-state index contributed by atoms with van der Waals surface area (Å²) in [5.41, 5.74) is 7.61. The van der Waals surface area contributed by atoms with Crippen LogP contribution < -0.4 is 5.73 Å². The summed E-state index contributed by atoms with van der Waals surface area (Å²) in [6.07, 6.45) is 3.47. The topological polar surface area (TPSA) is 63.0 Å². The van der Waals surface area contributed by atoms with Crippen molar-refractivity contribution in [2.45, 2.75) is 18.9 Å². The molecule has 1 saturated carbocycles. The van der Waals surface area contributed by atoms with E-state index in [1.807, 2.05) is 24.3 Å². The van der Waals surface area contributed by atoms with Crippen LogP contribution in [-0.2, 0) is 0 Å². The molecular formula is C13H12N2O. The number of nitrogens with two attached hydrogens (primary N) is 1. The Labute approximate surface area is 93.5 Å². The van der Waals surface area contributed by atoms with Gasteiger partial charge in [-0.15, -0.1) is 0 Å². The van der Waals surface area contributed by atoms with Gasteiger partial charge in [-0.1, -0.05) is 18.2 Å². The van der Waals surface area contributed by atoms with Crippen LogP contribution in [0.2, 0.25) is 0 Å². The lowest BCUT2D eigenvalue weighted by atomic mass is 9.92. The minimum Gasteiger partial charge on any atom is -0.464 e. The average molecular weight is 212 g/mol. The number of nitriles is 1. The molecule has 1 heterocycles. The summed E-state index contributed by atoms with van der Waals surface area (Å²) in [6, 6.07) is 9.89. The van der Waals surface area contributed by atoms with Crippen molar-refractivity contribution in [2.75, 3.05) is 0 Å². The fraction of sp³-hybridized carbons (Fsp3) is 0.308. The molecule has 80 valence electrons. The smallest absolute Gasteiger partial charge is 0.134 e. The second kappa shape index (κ2) is 3.10. The minimum absolute atomic E-state index is 0.235. The number of hydrogen-bond acceptors (Lipinski definition) is 3. The number of rotatable bonds is 2. The highest BCUT2D eigenvalue weighted by atomic mass is 16.3. The molecule has 2 aromatic rings. The Morgan fingerprint density at radius 3 is 2.81 bits per heavy atom. The van der Waals surface area contributed by atoms with Gasteiger partial charge in [-0.25, -0.2) is 0 Å². The molecule has 3 rings (SSSR count). The van der Waals surface area contributed by atoms with Crippen LogP contribution in [0.3, 0.4) is 0 Å². The van der Waals surface area contributed by atoms with Gasteiger partial charge < -0.3 is 10.2 Å². The molecule has 1 aliphatic rings. The van der Waals surface area contributed by atoms with Gasteiger partial charge in [0.15, 0.2) is 0 Å². The first-order valence-electron chi connectivity index (χ1n) is 5.40. The van der Waals surface area contributed by atoms with Gasteiger partial charge in [0.1, 0.15) is 5.58 Å². The Balaban J connectivity index is 2.10. The van der Waals surface area contributed by atoms with E-state index in [-0.39, 0.29) is 11.5 Å². The molecule has 2 N–H and O–H groups in total. The van der Waals surface area contributed by atoms with Crippen molar-refractivity contribution in [2.24, 2.45) is 11.1 Å². The molecule has 0 amide bonds. The zero-order chi connectivity index (χ0) is 11.2. The molecule has 1 fully saturated rings. The molecular weight excluding hydrogens is 200 g/mol. The van der Waals surface area contributed by atoms with Gasteiger partial charge in [0.05, 0.1) is 23.8 Å². The lowest BCUT2D eigenvalue weighted by Gasteiger charge is -2.14. The summed E-state index contributed by atoms with van der Waals surface area (Å²) in [6.45, 7) is 0. The van der Waals surface area contributed by atoms with Gasteiger partial charge in [-0.05, 0) is 18.9 Å². The largest absolute Gasteiger partial charge is 0.464 e. The number of fused-ring (bicyclic) bond motifs is 1. The van der Waals surface area contributed by atoms with Gasteiger partial charge >= 0.3 is 0 Å². The highest BCUT2D eigenvalue weighted by molar-refractivity contribution is 5.81. The van der Waals surface area contributed by atoms with E-state index >= 15 is 0 Å². The zero-order valence-corrected chi connectivity index (χ0v) is 8.81. The van der Waals surface area contributed by atoms with Crippen LogP contribution in [0, 0.1) is 16.7 Å². The van der Waals surface area contributed by atoms with Crippen molar-refractivity contribution < 1.29 is 4.42 Å². The third kappa shape index (κ3) is 1.17. The molecule has 1 aromatic heterocycles. The Morgan fingerprint density at radius 1 is 1.38 bits per heavy atom. The van der Waals surface area contributed by atoms with E-state index in [1.54, 1.807) is 6.26 Å². The van der Waals surface area contributed by atoms with E-state index in [0.717, 1.165) is 29.4 Å². The van der Waals surface area contributed by atoms with E-state index < -0.39 is 0 Å². The fourth-order valence-corrected chi connectivity index (χ4v) is 2.16. The summed E-state index contributed by atoms with van der Waals surface area (Å²) >= 11 is 0. The fourth-order valence-electron chi connectivity index (χ4n) is 2.16. The quantitative estimate of drug-likeness (QED) is 0.832. The zero-order valence-electron chi connectivity index (χ0n) is 8.81. The maximum absolute atomic E-state index is 9.14. The number of para-hydroxylation sites is 1. The summed E-state index contributed by atoms with van der Waals surface area (Å²) < 4.78 is 5.45. The van der Waals surface area contributed by atoms with Crippen LogP contribution >= 0.6 is 0 Å². The first kappa shape index (κ1) is 9.44. The molecule has 3 heteroatoms. The molecule has 3 nitrogen and oxygen atoms in total. The van der Waals surface area contributed by atoms with Crippen molar-refractivity contribution in [1.82, 2.24) is 0 Å². The molecule has 0 radical (unpaired) electrons. The first-order chi connectivity index (χ1) is 7.77. The lowest BCUT2D eigenvalue weighted by molar-refractivity contribution is 0.510. The summed E-state index contributed by atoms with van der Waals surface area (Å²) in [5, 5.41) is 10.2. The maximum atomic E-state index is 9.14. The van der Waals surface area contributed by atoms with Crippen LogP contribution in [0.15, 0.2) is 34.9 Å². The summed E-state index contributed by atoms with van der Waals surface area (Å²) in [7, 11) is 0. The number of nitrogens with zero attached hydrogens (tertiary/aromatic N) is 1. The molecule has 16 heavy (non-hydrogen) atoms. The van der Waals surface area contributed by atoms with Crippen molar-refractivity contribution >= 4 is 11.0 Å². The number of furan rings is 1. The molecule has 0 spiro atoms. The SMILES string of the molecule is N#CC1(C(N)c2coc3ccccc23)CC1. The van der Waals surface area contributed by atoms with Crippen molar-refractivity contribution in [3.05, 3.63) is 36.1 Å². The summed E-state index contributed by atoms with van der Waals surface area (Å²) in [5.74, 6) is 0. The lowest BCUT2D eigenvalue weighted by Crippen LogP contribution is -2.20. The second-order valence-electron chi connectivity index (χ2n) is 4.43. The van der Waals surface area contributed by atoms with Gasteiger partial charge in [-0.3, -0.25) is 0 Å². The van der Waals surface area contributed by atoms with Gasteiger partial charge in [-0.2, -0.15) is 5.26 Å². The highest BCUT2D eigenvalue weighted by Gasteiger charge is 2.49. The van der Waals surface area contributed by atoms with E-state index in [9.17, 15) is 0 Å². The third-order valence-corrected chi connectivity index (χ3v) is 3.45. The Bertz CT molecular complexity index is 575. The number of hydrogen-bond donors (Lipinski definition) is 1. The average Bonchev–Trinajstić information content (AvgIpc) is 3.02. The predicted octanol–water partition coefficient (Wildman–Crippen LogP) is 2.74. The first-order valence-corrected chi connectivity index (χ1v) is 5.40. The Hall–Kier alpha value is -1.79. The Morgan fingerprint density at radius 2 is 2.12 bits per heavy atom. The molecule has 1 atom stereocenters. The predicted molar refractivity (Wildman–Crippen MR) is 60.4 cm³/mol. The normalized spacial score (nSPS) is 19.2. The molecule has 0 bridgehead atoms. The molecule has 1 aromatic carbocycles. The molecule has 0 saturated heterocycles. The maximum Gasteiger partial charge on any atom is 0.134 e. The van der Waals surface area contributed by atoms with Crippen molar-refractivity contribution in [1.29, 1.82) is 5.26 Å². The van der Waals surface area contributed by atoms with Crippen LogP contribution in [0.5, 0.6) is 0 Å². The third-order valence-electron chi connectivity index (χ3n) is 3.45. The van der Waals surface area contributed by atoms with Crippen LogP contribution in [0.25, 0.3) is 11.0 Å². The van der Waals surface area contributed by atoms with Gasteiger partial charge in [0, 0.05) is 10.9 Å². The molecule has 1 aliphatic carbocycles. The Kier molecular flexibility index (Phi) is 1.83. The van der Waals surface area contributed by atoms with Crippen molar-refractivity contribution in [3.8, 4) is 6.07 Å². The molecule has 1 unspecified atom stereocenters. The van der Waals surface area contributed by atoms with E-state index in [1.165, 1.54) is 0 Å². The second-order valence-corrected chi connectivity index (χ2v) is 4.43. The minimum atomic E-state index is -0.355. The van der Waals surface area contributed by atoms with Gasteiger partial charge in [0.25, 0.3) is 0 Å². The standard InChI is InChI=1S/C13H12N2O/c14-8-13(5-6-13)12(15)10-7-16-11-4-2-1-3-9(10)11/h1-4,7,12H,5-6,15H2. The van der Waals surface area contributed by atoms with Crippen LogP contribution in [0.4, 0.5) is 0 Å².